The Kier molecular flexibility index (Phi) is 5.09. The molecule has 0 radical (unpaired) electrons. The van der Waals surface area contributed by atoms with Crippen molar-refractivity contribution in [2.45, 2.75) is 32.2 Å². The minimum Gasteiger partial charge on any atom is -0.322 e. The number of hydrogen-bond acceptors (Lipinski definition) is 4. The molecule has 8 heteroatoms. The Morgan fingerprint density at radius 1 is 1.07 bits per heavy atom. The first-order valence-electron chi connectivity index (χ1n) is 8.77. The van der Waals surface area contributed by atoms with Gasteiger partial charge < -0.3 is 9.88 Å². The molecule has 1 N–H and O–H groups in total. The average Bonchev–Trinajstić information content (AvgIpc) is 2.91. The molecular weight excluding hydrogens is 385 g/mol. The number of hydrogen-bond donors (Lipinski definition) is 1. The maximum atomic E-state index is 12.4. The molecule has 1 amide bonds. The van der Waals surface area contributed by atoms with Crippen LogP contribution in [0.3, 0.4) is 0 Å². The van der Waals surface area contributed by atoms with E-state index in [0.717, 1.165) is 43.0 Å². The summed E-state index contributed by atoms with van der Waals surface area (Å²) in [6.07, 6.45) is 5.76. The van der Waals surface area contributed by atoms with Gasteiger partial charge in [-0.05, 0) is 43.2 Å². The minimum absolute atomic E-state index is 0.271. The molecule has 1 aromatic carbocycles. The van der Waals surface area contributed by atoms with Gasteiger partial charge in [-0.15, -0.1) is 10.2 Å². The third-order valence-corrected chi connectivity index (χ3v) is 5.12. The molecule has 1 aliphatic rings. The van der Waals surface area contributed by atoms with E-state index >= 15 is 0 Å². The van der Waals surface area contributed by atoms with Crippen molar-refractivity contribution in [2.24, 2.45) is 0 Å². The van der Waals surface area contributed by atoms with Gasteiger partial charge in [-0.1, -0.05) is 29.6 Å². The van der Waals surface area contributed by atoms with E-state index in [4.69, 9.17) is 23.2 Å². The molecule has 138 valence electrons. The van der Waals surface area contributed by atoms with Crippen LogP contribution in [0, 0.1) is 0 Å². The number of amides is 1. The van der Waals surface area contributed by atoms with Gasteiger partial charge in [0.1, 0.15) is 11.0 Å². The molecule has 0 atom stereocenters. The van der Waals surface area contributed by atoms with Crippen molar-refractivity contribution in [3.63, 3.8) is 0 Å². The van der Waals surface area contributed by atoms with Crippen LogP contribution in [0.4, 0.5) is 5.69 Å². The van der Waals surface area contributed by atoms with E-state index in [9.17, 15) is 4.79 Å². The molecule has 0 spiro atoms. The quantitative estimate of drug-likeness (QED) is 0.649. The summed E-state index contributed by atoms with van der Waals surface area (Å²) in [6.45, 7) is 0.876. The highest BCUT2D eigenvalue weighted by atomic mass is 35.5. The Balaban J connectivity index is 1.63. The molecular formula is C19H17Cl2N5O. The molecule has 3 aromatic rings. The number of anilines is 1. The Morgan fingerprint density at radius 3 is 2.78 bits per heavy atom. The summed E-state index contributed by atoms with van der Waals surface area (Å²) in [7, 11) is 0. The number of nitrogens with zero attached hydrogens (tertiary/aromatic N) is 4. The normalized spacial score (nSPS) is 13.7. The molecule has 0 fully saturated rings. The molecule has 0 bridgehead atoms. The van der Waals surface area contributed by atoms with Crippen molar-refractivity contribution in [2.75, 3.05) is 5.32 Å². The van der Waals surface area contributed by atoms with Crippen LogP contribution >= 0.6 is 23.2 Å². The van der Waals surface area contributed by atoms with E-state index in [-0.39, 0.29) is 5.91 Å². The largest absolute Gasteiger partial charge is 0.322 e. The van der Waals surface area contributed by atoms with E-state index in [0.29, 0.717) is 21.4 Å². The van der Waals surface area contributed by atoms with E-state index < -0.39 is 0 Å². The maximum Gasteiger partial charge on any atom is 0.257 e. The number of benzene rings is 1. The van der Waals surface area contributed by atoms with Gasteiger partial charge in [0.15, 0.2) is 5.82 Å². The average molecular weight is 402 g/mol. The predicted octanol–water partition coefficient (Wildman–Crippen LogP) is 4.63. The Hall–Kier alpha value is -2.44. The van der Waals surface area contributed by atoms with Crippen LogP contribution in [0.5, 0.6) is 0 Å². The fourth-order valence-electron chi connectivity index (χ4n) is 3.17. The zero-order valence-corrected chi connectivity index (χ0v) is 16.0. The van der Waals surface area contributed by atoms with Gasteiger partial charge in [0.25, 0.3) is 5.91 Å². The zero-order valence-electron chi connectivity index (χ0n) is 14.5. The first-order valence-corrected chi connectivity index (χ1v) is 9.52. The van der Waals surface area contributed by atoms with Gasteiger partial charge >= 0.3 is 0 Å². The lowest BCUT2D eigenvalue weighted by molar-refractivity contribution is 0.102. The van der Waals surface area contributed by atoms with Crippen molar-refractivity contribution < 1.29 is 4.79 Å². The number of pyridine rings is 1. The SMILES string of the molecule is O=C(Nc1ccc(Cl)c(-c2nnc3n2CCCCC3)c1)c1ccc(Cl)nc1. The van der Waals surface area contributed by atoms with Crippen molar-refractivity contribution in [1.82, 2.24) is 19.7 Å². The first kappa shape index (κ1) is 17.9. The maximum absolute atomic E-state index is 12.4. The van der Waals surface area contributed by atoms with Crippen molar-refractivity contribution in [3.05, 3.63) is 58.1 Å². The lowest BCUT2D eigenvalue weighted by Gasteiger charge is -2.11. The Bertz CT molecular complexity index is 984. The van der Waals surface area contributed by atoms with Crippen LogP contribution in [0.1, 0.15) is 35.4 Å². The zero-order chi connectivity index (χ0) is 18.8. The molecule has 0 saturated carbocycles. The second kappa shape index (κ2) is 7.66. The summed E-state index contributed by atoms with van der Waals surface area (Å²) < 4.78 is 2.13. The number of carbonyl (C=O) groups is 1. The van der Waals surface area contributed by atoms with Gasteiger partial charge in [-0.2, -0.15) is 0 Å². The second-order valence-electron chi connectivity index (χ2n) is 6.42. The molecule has 3 heterocycles. The summed E-state index contributed by atoms with van der Waals surface area (Å²) in [4.78, 5) is 16.4. The summed E-state index contributed by atoms with van der Waals surface area (Å²) in [6, 6.07) is 8.54. The van der Waals surface area contributed by atoms with Crippen molar-refractivity contribution in [3.8, 4) is 11.4 Å². The van der Waals surface area contributed by atoms with Gasteiger partial charge in [-0.3, -0.25) is 4.79 Å². The standard InChI is InChI=1S/C19H17Cl2N5O/c20-15-7-6-13(23-19(27)12-5-8-16(21)22-11-12)10-14(15)18-25-24-17-4-2-1-3-9-26(17)18/h5-8,10-11H,1-4,9H2,(H,23,27). The van der Waals surface area contributed by atoms with Gasteiger partial charge in [0.2, 0.25) is 0 Å². The van der Waals surface area contributed by atoms with Crippen LogP contribution in [0.15, 0.2) is 36.5 Å². The molecule has 27 heavy (non-hydrogen) atoms. The van der Waals surface area contributed by atoms with Crippen molar-refractivity contribution >= 4 is 34.8 Å². The van der Waals surface area contributed by atoms with Crippen LogP contribution in [0.2, 0.25) is 10.2 Å². The van der Waals surface area contributed by atoms with Gasteiger partial charge in [0.05, 0.1) is 10.6 Å². The number of aromatic nitrogens is 4. The highest BCUT2D eigenvalue weighted by Gasteiger charge is 2.18. The molecule has 6 nitrogen and oxygen atoms in total. The lowest BCUT2D eigenvalue weighted by atomic mass is 10.1. The molecule has 2 aromatic heterocycles. The molecule has 0 saturated heterocycles. The fraction of sp³-hybridized carbons (Fsp3) is 0.263. The summed E-state index contributed by atoms with van der Waals surface area (Å²) in [5.41, 5.74) is 1.80. The van der Waals surface area contributed by atoms with Crippen LogP contribution in [0.25, 0.3) is 11.4 Å². The van der Waals surface area contributed by atoms with E-state index in [1.807, 2.05) is 6.07 Å². The van der Waals surface area contributed by atoms with E-state index in [1.165, 1.54) is 12.6 Å². The number of halogens is 2. The molecule has 0 aliphatic carbocycles. The monoisotopic (exact) mass is 401 g/mol. The lowest BCUT2D eigenvalue weighted by Crippen LogP contribution is -2.12. The van der Waals surface area contributed by atoms with Crippen molar-refractivity contribution in [1.29, 1.82) is 0 Å². The highest BCUT2D eigenvalue weighted by molar-refractivity contribution is 6.33. The van der Waals surface area contributed by atoms with Crippen LogP contribution in [-0.2, 0) is 13.0 Å². The smallest absolute Gasteiger partial charge is 0.257 e. The number of fused-ring (bicyclic) bond motifs is 1. The number of carbonyl (C=O) groups excluding carboxylic acids is 1. The summed E-state index contributed by atoms with van der Waals surface area (Å²) in [5.74, 6) is 1.45. The van der Waals surface area contributed by atoms with Crippen LogP contribution in [-0.4, -0.2) is 25.7 Å². The fourth-order valence-corrected chi connectivity index (χ4v) is 3.49. The second-order valence-corrected chi connectivity index (χ2v) is 7.21. The minimum atomic E-state index is -0.271. The third-order valence-electron chi connectivity index (χ3n) is 4.56. The number of nitrogens with one attached hydrogen (secondary N) is 1. The topological polar surface area (TPSA) is 72.7 Å². The van der Waals surface area contributed by atoms with Gasteiger partial charge in [0, 0.05) is 30.4 Å². The number of aryl methyl sites for hydroxylation is 1. The highest BCUT2D eigenvalue weighted by Crippen LogP contribution is 2.31. The predicted molar refractivity (Wildman–Crippen MR) is 105 cm³/mol. The van der Waals surface area contributed by atoms with Crippen LogP contribution < -0.4 is 5.32 Å². The Morgan fingerprint density at radius 2 is 1.96 bits per heavy atom. The van der Waals surface area contributed by atoms with E-state index in [2.05, 4.69) is 25.1 Å². The Labute approximate surface area is 166 Å². The van der Waals surface area contributed by atoms with Gasteiger partial charge in [-0.25, -0.2) is 4.98 Å². The summed E-state index contributed by atoms with van der Waals surface area (Å²) >= 11 is 12.2. The number of rotatable bonds is 3. The van der Waals surface area contributed by atoms with E-state index in [1.54, 1.807) is 24.3 Å². The molecule has 0 unspecified atom stereocenters. The molecule has 1 aliphatic heterocycles. The summed E-state index contributed by atoms with van der Waals surface area (Å²) in [5, 5.41) is 12.4. The third kappa shape index (κ3) is 3.82. The first-order chi connectivity index (χ1) is 13.1. The molecule has 4 rings (SSSR count).